The first kappa shape index (κ1) is 20.4. The summed E-state index contributed by atoms with van der Waals surface area (Å²) < 4.78 is 40.7. The number of benzene rings is 2. The van der Waals surface area contributed by atoms with Crippen LogP contribution in [0.5, 0.6) is 0 Å². The Kier molecular flexibility index (Phi) is 6.51. The highest BCUT2D eigenvalue weighted by atomic mass is 19.4. The highest BCUT2D eigenvalue weighted by Gasteiger charge is 2.27. The lowest BCUT2D eigenvalue weighted by molar-refractivity contribution is -0.384. The lowest BCUT2D eigenvalue weighted by Gasteiger charge is -2.10. The molecule has 0 saturated carbocycles. The highest BCUT2D eigenvalue weighted by Crippen LogP contribution is 2.26. The Hall–Kier alpha value is -2.94. The van der Waals surface area contributed by atoms with Gasteiger partial charge in [-0.05, 0) is 30.2 Å². The predicted octanol–water partition coefficient (Wildman–Crippen LogP) is 4.49. The largest absolute Gasteiger partial charge is 0.411 e. The van der Waals surface area contributed by atoms with E-state index in [1.165, 1.54) is 25.1 Å². The van der Waals surface area contributed by atoms with Crippen molar-refractivity contribution in [3.05, 3.63) is 69.3 Å². The average molecular weight is 382 g/mol. The van der Waals surface area contributed by atoms with E-state index in [1.807, 2.05) is 0 Å². The van der Waals surface area contributed by atoms with Gasteiger partial charge in [-0.2, -0.15) is 13.2 Å². The van der Waals surface area contributed by atoms with Crippen LogP contribution in [0.25, 0.3) is 0 Å². The third-order valence-corrected chi connectivity index (χ3v) is 3.64. The summed E-state index contributed by atoms with van der Waals surface area (Å²) in [5.41, 5.74) is 1.66. The molecule has 144 valence electrons. The minimum Gasteiger partial charge on any atom is -0.375 e. The van der Waals surface area contributed by atoms with Gasteiger partial charge in [0.2, 0.25) is 0 Å². The van der Waals surface area contributed by atoms with E-state index in [0.717, 1.165) is 5.56 Å². The molecule has 6 nitrogen and oxygen atoms in total. The fourth-order valence-corrected chi connectivity index (χ4v) is 2.29. The number of ketones is 1. The van der Waals surface area contributed by atoms with Crippen molar-refractivity contribution in [1.82, 2.24) is 0 Å². The summed E-state index contributed by atoms with van der Waals surface area (Å²) in [5.74, 6) is -0.270. The van der Waals surface area contributed by atoms with Crippen LogP contribution < -0.4 is 5.32 Å². The van der Waals surface area contributed by atoms with Gasteiger partial charge in [0.05, 0.1) is 11.5 Å². The molecule has 0 heterocycles. The molecule has 0 unspecified atom stereocenters. The number of ether oxygens (including phenoxy) is 1. The summed E-state index contributed by atoms with van der Waals surface area (Å²) in [6.45, 7) is 0.123. The zero-order chi connectivity index (χ0) is 20.0. The molecule has 2 rings (SSSR count). The number of carbonyl (C=O) groups excluding carboxylic acids is 1. The number of nitro benzene ring substituents is 1. The number of carbonyl (C=O) groups is 1. The van der Waals surface area contributed by atoms with E-state index in [-0.39, 0.29) is 35.9 Å². The van der Waals surface area contributed by atoms with Crippen molar-refractivity contribution >= 4 is 17.2 Å². The number of nitro groups is 1. The predicted molar refractivity (Wildman–Crippen MR) is 92.6 cm³/mol. The van der Waals surface area contributed by atoms with Gasteiger partial charge < -0.3 is 10.1 Å². The molecule has 0 atom stereocenters. The van der Waals surface area contributed by atoms with Gasteiger partial charge in [0.25, 0.3) is 5.69 Å². The maximum Gasteiger partial charge on any atom is 0.411 e. The smallest absolute Gasteiger partial charge is 0.375 e. The molecule has 2 aromatic carbocycles. The van der Waals surface area contributed by atoms with Gasteiger partial charge in [-0.15, -0.1) is 0 Å². The Bertz CT molecular complexity index is 820. The number of hydrogen-bond donors (Lipinski definition) is 1. The van der Waals surface area contributed by atoms with Gasteiger partial charge in [0, 0.05) is 18.2 Å². The Morgan fingerprint density at radius 1 is 1.15 bits per heavy atom. The van der Waals surface area contributed by atoms with Gasteiger partial charge in [-0.1, -0.05) is 24.3 Å². The second kappa shape index (κ2) is 8.63. The van der Waals surface area contributed by atoms with E-state index in [2.05, 4.69) is 10.1 Å². The fourth-order valence-electron chi connectivity index (χ4n) is 2.29. The van der Waals surface area contributed by atoms with Gasteiger partial charge in [0.15, 0.2) is 5.78 Å². The molecule has 0 spiro atoms. The lowest BCUT2D eigenvalue weighted by atomic mass is 10.1. The zero-order valence-corrected chi connectivity index (χ0v) is 14.4. The van der Waals surface area contributed by atoms with Crippen LogP contribution in [0, 0.1) is 10.1 Å². The summed E-state index contributed by atoms with van der Waals surface area (Å²) in [6, 6.07) is 10.8. The number of rotatable bonds is 8. The van der Waals surface area contributed by atoms with Gasteiger partial charge >= 0.3 is 6.18 Å². The molecule has 1 N–H and O–H groups in total. The molecule has 0 amide bonds. The number of nitrogens with zero attached hydrogens (tertiary/aromatic N) is 1. The monoisotopic (exact) mass is 382 g/mol. The molecule has 0 bridgehead atoms. The van der Waals surface area contributed by atoms with E-state index in [1.54, 1.807) is 24.3 Å². The van der Waals surface area contributed by atoms with Crippen LogP contribution in [0.15, 0.2) is 42.5 Å². The third kappa shape index (κ3) is 6.37. The standard InChI is InChI=1S/C18H17F3N2O4/c1-12(24)15-6-7-16(17(8-15)23(25)26)22-9-13-2-4-14(5-3-13)10-27-11-18(19,20)21/h2-8,22H,9-11H2,1H3. The molecule has 2 aromatic rings. The molecule has 0 aliphatic carbocycles. The molecule has 0 saturated heterocycles. The Labute approximate surface area is 153 Å². The maximum absolute atomic E-state index is 12.0. The Balaban J connectivity index is 1.98. The molecule has 27 heavy (non-hydrogen) atoms. The Morgan fingerprint density at radius 3 is 2.33 bits per heavy atom. The second-order valence-corrected chi connectivity index (χ2v) is 5.82. The van der Waals surface area contributed by atoms with Crippen LogP contribution in [-0.2, 0) is 17.9 Å². The molecule has 0 aromatic heterocycles. The van der Waals surface area contributed by atoms with Crippen molar-refractivity contribution in [1.29, 1.82) is 0 Å². The summed E-state index contributed by atoms with van der Waals surface area (Å²) >= 11 is 0. The number of Topliss-reactive ketones (excluding diaryl/α,β-unsaturated/α-hetero) is 1. The quantitative estimate of drug-likeness (QED) is 0.413. The summed E-state index contributed by atoms with van der Waals surface area (Å²) in [6.07, 6.45) is -4.36. The van der Waals surface area contributed by atoms with E-state index >= 15 is 0 Å². The first-order chi connectivity index (χ1) is 12.7. The topological polar surface area (TPSA) is 81.5 Å². The van der Waals surface area contributed by atoms with Crippen LogP contribution in [0.2, 0.25) is 0 Å². The molecule has 0 aliphatic rings. The first-order valence-corrected chi connectivity index (χ1v) is 7.91. The van der Waals surface area contributed by atoms with Crippen LogP contribution in [0.3, 0.4) is 0 Å². The van der Waals surface area contributed by atoms with Crippen LogP contribution in [-0.4, -0.2) is 23.5 Å². The third-order valence-electron chi connectivity index (χ3n) is 3.64. The van der Waals surface area contributed by atoms with Gasteiger partial charge in [-0.3, -0.25) is 14.9 Å². The Morgan fingerprint density at radius 2 is 1.78 bits per heavy atom. The lowest BCUT2D eigenvalue weighted by Crippen LogP contribution is -2.16. The van der Waals surface area contributed by atoms with E-state index in [9.17, 15) is 28.1 Å². The van der Waals surface area contributed by atoms with E-state index < -0.39 is 17.7 Å². The van der Waals surface area contributed by atoms with Crippen molar-refractivity contribution in [2.24, 2.45) is 0 Å². The average Bonchev–Trinajstić information content (AvgIpc) is 2.59. The van der Waals surface area contributed by atoms with Gasteiger partial charge in [-0.25, -0.2) is 0 Å². The van der Waals surface area contributed by atoms with Crippen LogP contribution in [0.1, 0.15) is 28.4 Å². The highest BCUT2D eigenvalue weighted by molar-refractivity contribution is 5.95. The number of halogens is 3. The number of nitrogens with one attached hydrogen (secondary N) is 1. The molecule has 9 heteroatoms. The summed E-state index contributed by atoms with van der Waals surface area (Å²) in [4.78, 5) is 22.0. The summed E-state index contributed by atoms with van der Waals surface area (Å²) in [5, 5.41) is 14.1. The van der Waals surface area contributed by atoms with Crippen molar-refractivity contribution in [2.45, 2.75) is 26.3 Å². The van der Waals surface area contributed by atoms with Crippen molar-refractivity contribution in [3.63, 3.8) is 0 Å². The van der Waals surface area contributed by atoms with Gasteiger partial charge in [0.1, 0.15) is 12.3 Å². The fraction of sp³-hybridized carbons (Fsp3) is 0.278. The van der Waals surface area contributed by atoms with Crippen molar-refractivity contribution in [2.75, 3.05) is 11.9 Å². The molecule has 0 aliphatic heterocycles. The molecular formula is C18H17F3N2O4. The number of anilines is 1. The summed E-state index contributed by atoms with van der Waals surface area (Å²) in [7, 11) is 0. The van der Waals surface area contributed by atoms with Crippen LogP contribution in [0.4, 0.5) is 24.5 Å². The first-order valence-electron chi connectivity index (χ1n) is 7.91. The van der Waals surface area contributed by atoms with Crippen molar-refractivity contribution < 1.29 is 27.6 Å². The maximum atomic E-state index is 12.0. The number of hydrogen-bond acceptors (Lipinski definition) is 5. The molecular weight excluding hydrogens is 365 g/mol. The SMILES string of the molecule is CC(=O)c1ccc(NCc2ccc(COCC(F)(F)F)cc2)c([N+](=O)[O-])c1. The zero-order valence-electron chi connectivity index (χ0n) is 14.4. The van der Waals surface area contributed by atoms with Crippen molar-refractivity contribution in [3.8, 4) is 0 Å². The van der Waals surface area contributed by atoms with Crippen LogP contribution >= 0.6 is 0 Å². The second-order valence-electron chi connectivity index (χ2n) is 5.82. The number of alkyl halides is 3. The van der Waals surface area contributed by atoms with E-state index in [4.69, 9.17) is 0 Å². The molecule has 0 fully saturated rings. The minimum absolute atomic E-state index is 0.162. The molecule has 0 radical (unpaired) electrons. The van der Waals surface area contributed by atoms with E-state index in [0.29, 0.717) is 5.56 Å². The minimum atomic E-state index is -4.36. The normalized spacial score (nSPS) is 11.3.